The zero-order valence-electron chi connectivity index (χ0n) is 30.6. The molecular formula is C41H50N6O3S. The topological polar surface area (TPSA) is 84.6 Å². The summed E-state index contributed by atoms with van der Waals surface area (Å²) in [5.41, 5.74) is 9.09. The second-order valence-corrected chi connectivity index (χ2v) is 16.6. The molecule has 1 aliphatic carbocycles. The number of allylic oxidation sites excluding steroid dienone is 1. The van der Waals surface area contributed by atoms with Gasteiger partial charge in [0.05, 0.1) is 36.8 Å². The summed E-state index contributed by atoms with van der Waals surface area (Å²) in [6, 6.07) is 13.1. The zero-order valence-corrected chi connectivity index (χ0v) is 31.4. The summed E-state index contributed by atoms with van der Waals surface area (Å²) in [6.45, 7) is 9.25. The minimum absolute atomic E-state index is 0.0846. The molecule has 0 radical (unpaired) electrons. The van der Waals surface area contributed by atoms with Crippen LogP contribution in [0.2, 0.25) is 0 Å². The number of likely N-dealkylation sites (tertiary alicyclic amines) is 1. The number of hydrogen-bond acceptors (Lipinski definition) is 6. The summed E-state index contributed by atoms with van der Waals surface area (Å²) >= 11 is 1.44. The van der Waals surface area contributed by atoms with E-state index in [1.54, 1.807) is 13.3 Å². The molecule has 9 nitrogen and oxygen atoms in total. The fraction of sp³-hybridized carbons (Fsp3) is 0.488. The normalized spacial score (nSPS) is 20.7. The lowest BCUT2D eigenvalue weighted by Crippen LogP contribution is -2.54. The third-order valence-corrected chi connectivity index (χ3v) is 12.3. The van der Waals surface area contributed by atoms with E-state index in [9.17, 15) is 9.59 Å². The molecule has 268 valence electrons. The van der Waals surface area contributed by atoms with Gasteiger partial charge in [0.2, 0.25) is 0 Å². The van der Waals surface area contributed by atoms with Crippen molar-refractivity contribution in [1.82, 2.24) is 28.9 Å². The van der Waals surface area contributed by atoms with Crippen molar-refractivity contribution in [3.05, 3.63) is 70.5 Å². The van der Waals surface area contributed by atoms with Gasteiger partial charge in [-0.05, 0) is 111 Å². The van der Waals surface area contributed by atoms with E-state index >= 15 is 0 Å². The van der Waals surface area contributed by atoms with E-state index in [1.165, 1.54) is 47.9 Å². The number of hydrogen-bond donors (Lipinski definition) is 1. The van der Waals surface area contributed by atoms with Crippen molar-refractivity contribution in [2.45, 2.75) is 102 Å². The smallest absolute Gasteiger partial charge is 0.261 e. The van der Waals surface area contributed by atoms with E-state index in [2.05, 4.69) is 83.3 Å². The van der Waals surface area contributed by atoms with Gasteiger partial charge in [0.25, 0.3) is 11.8 Å². The highest BCUT2D eigenvalue weighted by molar-refractivity contribution is 7.98. The number of likely N-dealkylation sites (N-methyl/N-ethyl adjacent to an activating group) is 1. The molecule has 5 heterocycles. The average molecular weight is 707 g/mol. The van der Waals surface area contributed by atoms with Crippen LogP contribution in [-0.2, 0) is 13.1 Å². The predicted molar refractivity (Wildman–Crippen MR) is 206 cm³/mol. The number of amides is 2. The summed E-state index contributed by atoms with van der Waals surface area (Å²) in [5, 5.41) is 6.32. The Hall–Kier alpha value is -4.02. The molecule has 3 fully saturated rings. The first-order valence-corrected chi connectivity index (χ1v) is 19.7. The molecule has 0 spiro atoms. The highest BCUT2D eigenvalue weighted by atomic mass is 32.2. The van der Waals surface area contributed by atoms with Gasteiger partial charge in [0.15, 0.2) is 0 Å². The van der Waals surface area contributed by atoms with E-state index in [0.717, 1.165) is 72.4 Å². The van der Waals surface area contributed by atoms with Crippen molar-refractivity contribution in [1.29, 1.82) is 0 Å². The van der Waals surface area contributed by atoms with Gasteiger partial charge in [-0.2, -0.15) is 5.10 Å². The Morgan fingerprint density at radius 2 is 1.76 bits per heavy atom. The molecule has 8 rings (SSSR count). The van der Waals surface area contributed by atoms with E-state index in [-0.39, 0.29) is 29.1 Å². The second kappa shape index (κ2) is 13.8. The molecule has 4 aliphatic rings. The fourth-order valence-corrected chi connectivity index (χ4v) is 9.72. The van der Waals surface area contributed by atoms with Crippen LogP contribution < -0.4 is 9.46 Å². The molecule has 2 unspecified atom stereocenters. The molecule has 2 amide bonds. The third-order valence-electron chi connectivity index (χ3n) is 11.5. The van der Waals surface area contributed by atoms with Crippen LogP contribution in [0.1, 0.15) is 109 Å². The number of aromatic nitrogens is 3. The maximum absolute atomic E-state index is 14.6. The number of benzene rings is 2. The lowest BCUT2D eigenvalue weighted by molar-refractivity contribution is 0.0472. The Morgan fingerprint density at radius 3 is 2.47 bits per heavy atom. The molecule has 1 saturated carbocycles. The van der Waals surface area contributed by atoms with Crippen LogP contribution in [-0.4, -0.2) is 80.5 Å². The fourth-order valence-electron chi connectivity index (χ4n) is 9.26. The van der Waals surface area contributed by atoms with Crippen LogP contribution in [0.5, 0.6) is 5.75 Å². The third kappa shape index (κ3) is 6.08. The number of aryl methyl sites for hydroxylation is 1. The van der Waals surface area contributed by atoms with Crippen molar-refractivity contribution >= 4 is 46.3 Å². The van der Waals surface area contributed by atoms with Crippen molar-refractivity contribution in [3.8, 4) is 17.0 Å². The summed E-state index contributed by atoms with van der Waals surface area (Å²) in [4.78, 5) is 32.6. The van der Waals surface area contributed by atoms with Crippen molar-refractivity contribution < 1.29 is 14.3 Å². The molecular weight excluding hydrogens is 657 g/mol. The average Bonchev–Trinajstić information content (AvgIpc) is 3.76. The van der Waals surface area contributed by atoms with Gasteiger partial charge in [-0.3, -0.25) is 19.0 Å². The van der Waals surface area contributed by atoms with E-state index in [1.807, 2.05) is 10.7 Å². The van der Waals surface area contributed by atoms with Gasteiger partial charge in [-0.25, -0.2) is 0 Å². The second-order valence-electron chi connectivity index (χ2n) is 15.2. The molecule has 2 aromatic heterocycles. The summed E-state index contributed by atoms with van der Waals surface area (Å²) in [7, 11) is 3.87. The Balaban J connectivity index is 1.32. The molecule has 2 aromatic carbocycles. The molecule has 4 aromatic rings. The summed E-state index contributed by atoms with van der Waals surface area (Å²) in [6.07, 6.45) is 12.2. The zero-order chi connectivity index (χ0) is 35.4. The van der Waals surface area contributed by atoms with Gasteiger partial charge in [-0.1, -0.05) is 39.2 Å². The standard InChI is InChI=1S/C41H50N6O3S/c1-6-46-38(35(21-42-46)41(49)47-30-13-14-31(47)24-44(4)23-30)29-18-28-19-32(50-5)15-17-33(28)39-37(26-10-8-7-9-11-26)34-16-12-27(20-36(34)45(39)22-29)40(48)43-51-25(2)3/h12,15-21,25-26,30-31H,6-11,13-14,22-24H2,1-5H3,(H,43,48). The molecule has 3 aliphatic heterocycles. The van der Waals surface area contributed by atoms with Crippen molar-refractivity contribution in [2.24, 2.45) is 0 Å². The van der Waals surface area contributed by atoms with Crippen LogP contribution >= 0.6 is 11.9 Å². The first kappa shape index (κ1) is 34.1. The summed E-state index contributed by atoms with van der Waals surface area (Å²) in [5.74, 6) is 1.22. The van der Waals surface area contributed by atoms with Crippen LogP contribution in [0, 0.1) is 0 Å². The Bertz CT molecular complexity index is 2010. The van der Waals surface area contributed by atoms with Gasteiger partial charge < -0.3 is 19.1 Å². The van der Waals surface area contributed by atoms with E-state index in [4.69, 9.17) is 9.84 Å². The van der Waals surface area contributed by atoms with Gasteiger partial charge >= 0.3 is 0 Å². The minimum atomic E-state index is -0.0846. The van der Waals surface area contributed by atoms with Gasteiger partial charge in [0.1, 0.15) is 5.75 Å². The molecule has 2 saturated heterocycles. The number of nitrogens with zero attached hydrogens (tertiary/aromatic N) is 5. The van der Waals surface area contributed by atoms with E-state index < -0.39 is 0 Å². The van der Waals surface area contributed by atoms with Gasteiger partial charge in [-0.15, -0.1) is 0 Å². The molecule has 10 heteroatoms. The Kier molecular flexibility index (Phi) is 9.25. The number of fused-ring (bicyclic) bond motifs is 7. The first-order valence-electron chi connectivity index (χ1n) is 18.8. The van der Waals surface area contributed by atoms with Gasteiger partial charge in [0, 0.05) is 59.0 Å². The van der Waals surface area contributed by atoms with Crippen LogP contribution in [0.4, 0.5) is 0 Å². The highest BCUT2D eigenvalue weighted by Crippen LogP contribution is 2.48. The molecule has 51 heavy (non-hydrogen) atoms. The van der Waals surface area contributed by atoms with Crippen molar-refractivity contribution in [3.63, 3.8) is 0 Å². The quantitative estimate of drug-likeness (QED) is 0.188. The van der Waals surface area contributed by atoms with Crippen LogP contribution in [0.25, 0.3) is 33.8 Å². The predicted octanol–water partition coefficient (Wildman–Crippen LogP) is 7.84. The number of ether oxygens (including phenoxy) is 1. The number of nitrogens with one attached hydrogen (secondary N) is 1. The number of methoxy groups -OCH3 is 1. The molecule has 1 N–H and O–H groups in total. The SMILES string of the molecule is CCn1ncc(C(=O)N2C3CCC2CN(C)C3)c1C1=Cc2cc(OC)ccc2-c2c(C3CCCCC3)c3ccc(C(=O)NSC(C)C)cc3n2C1. The lowest BCUT2D eigenvalue weighted by Gasteiger charge is -2.39. The van der Waals surface area contributed by atoms with Crippen molar-refractivity contribution in [2.75, 3.05) is 27.2 Å². The summed E-state index contributed by atoms with van der Waals surface area (Å²) < 4.78 is 13.3. The maximum Gasteiger partial charge on any atom is 0.261 e. The number of piperazine rings is 1. The molecule has 2 bridgehead atoms. The minimum Gasteiger partial charge on any atom is -0.497 e. The highest BCUT2D eigenvalue weighted by Gasteiger charge is 2.43. The largest absolute Gasteiger partial charge is 0.497 e. The number of rotatable bonds is 8. The monoisotopic (exact) mass is 706 g/mol. The molecule has 2 atom stereocenters. The van der Waals surface area contributed by atoms with E-state index in [0.29, 0.717) is 30.1 Å². The Morgan fingerprint density at radius 1 is 1.00 bits per heavy atom. The number of carbonyl (C=O) groups excluding carboxylic acids is 2. The first-order chi connectivity index (χ1) is 24.7. The van der Waals surface area contributed by atoms with Crippen LogP contribution in [0.15, 0.2) is 42.6 Å². The maximum atomic E-state index is 14.6. The Labute approximate surface area is 305 Å². The lowest BCUT2D eigenvalue weighted by atomic mass is 9.81. The van der Waals surface area contributed by atoms with Crippen LogP contribution in [0.3, 0.4) is 0 Å². The number of carbonyl (C=O) groups is 2.